The fraction of sp³-hybridized carbons (Fsp3) is 0.364. The maximum Gasteiger partial charge on any atom is 0.320 e. The SMILES string of the molecule is COc1ccc([N+](=O)[O-])cc1C1(C(=O)O)CC1(F)F. The summed E-state index contributed by atoms with van der Waals surface area (Å²) >= 11 is 0. The molecule has 0 aliphatic heterocycles. The predicted molar refractivity (Wildman–Crippen MR) is 58.5 cm³/mol. The van der Waals surface area contributed by atoms with Crippen molar-refractivity contribution >= 4 is 11.7 Å². The normalized spacial score (nSPS) is 23.7. The lowest BCUT2D eigenvalue weighted by Gasteiger charge is -2.15. The van der Waals surface area contributed by atoms with Gasteiger partial charge in [0.05, 0.1) is 12.0 Å². The van der Waals surface area contributed by atoms with Gasteiger partial charge in [0.1, 0.15) is 5.75 Å². The van der Waals surface area contributed by atoms with Crippen LogP contribution < -0.4 is 4.74 Å². The van der Waals surface area contributed by atoms with Crippen molar-refractivity contribution in [3.05, 3.63) is 33.9 Å². The number of ether oxygens (including phenoxy) is 1. The zero-order valence-corrected chi connectivity index (χ0v) is 9.72. The lowest BCUT2D eigenvalue weighted by Crippen LogP contribution is -2.27. The molecule has 0 saturated heterocycles. The van der Waals surface area contributed by atoms with E-state index in [0.29, 0.717) is 0 Å². The molecule has 1 aromatic carbocycles. The predicted octanol–water partition coefficient (Wildman–Crippen LogP) is 1.96. The van der Waals surface area contributed by atoms with Crippen molar-refractivity contribution in [3.8, 4) is 5.75 Å². The van der Waals surface area contributed by atoms with Crippen molar-refractivity contribution in [3.63, 3.8) is 0 Å². The smallest absolute Gasteiger partial charge is 0.320 e. The van der Waals surface area contributed by atoms with Crippen molar-refractivity contribution in [1.29, 1.82) is 0 Å². The molecule has 0 bridgehead atoms. The van der Waals surface area contributed by atoms with E-state index >= 15 is 0 Å². The molecule has 1 saturated carbocycles. The van der Waals surface area contributed by atoms with Gasteiger partial charge in [-0.05, 0) is 6.07 Å². The first-order valence-electron chi connectivity index (χ1n) is 5.20. The van der Waals surface area contributed by atoms with Crippen molar-refractivity contribution in [1.82, 2.24) is 0 Å². The second-order valence-corrected chi connectivity index (χ2v) is 4.23. The summed E-state index contributed by atoms with van der Waals surface area (Å²) in [6, 6.07) is 3.01. The third-order valence-electron chi connectivity index (χ3n) is 3.21. The Morgan fingerprint density at radius 2 is 2.11 bits per heavy atom. The fourth-order valence-corrected chi connectivity index (χ4v) is 2.07. The maximum atomic E-state index is 13.4. The van der Waals surface area contributed by atoms with Gasteiger partial charge in [0.15, 0.2) is 5.41 Å². The summed E-state index contributed by atoms with van der Waals surface area (Å²) in [5.41, 5.74) is -3.27. The first kappa shape index (κ1) is 13.2. The number of carboxylic acids is 1. The van der Waals surface area contributed by atoms with Crippen LogP contribution in [0.25, 0.3) is 0 Å². The summed E-state index contributed by atoms with van der Waals surface area (Å²) < 4.78 is 31.7. The van der Waals surface area contributed by atoms with Crippen LogP contribution in [0.1, 0.15) is 12.0 Å². The lowest BCUT2D eigenvalue weighted by atomic mass is 9.94. The number of benzene rings is 1. The first-order chi connectivity index (χ1) is 8.76. The number of halogens is 2. The number of nitro benzene ring substituents is 1. The summed E-state index contributed by atoms with van der Waals surface area (Å²) in [5.74, 6) is -5.28. The fourth-order valence-electron chi connectivity index (χ4n) is 2.07. The van der Waals surface area contributed by atoms with Crippen LogP contribution >= 0.6 is 0 Å². The van der Waals surface area contributed by atoms with Gasteiger partial charge in [-0.2, -0.15) is 0 Å². The highest BCUT2D eigenvalue weighted by atomic mass is 19.3. The molecule has 8 heteroatoms. The molecule has 1 aromatic rings. The van der Waals surface area contributed by atoms with Crippen LogP contribution in [0.3, 0.4) is 0 Å². The Morgan fingerprint density at radius 3 is 2.47 bits per heavy atom. The number of carbonyl (C=O) groups is 1. The van der Waals surface area contributed by atoms with Gasteiger partial charge < -0.3 is 9.84 Å². The molecule has 0 radical (unpaired) electrons. The molecule has 1 aliphatic carbocycles. The molecular formula is C11H9F2NO5. The number of methoxy groups -OCH3 is 1. The van der Waals surface area contributed by atoms with Gasteiger partial charge in [-0.25, -0.2) is 8.78 Å². The van der Waals surface area contributed by atoms with Gasteiger partial charge >= 0.3 is 5.97 Å². The molecule has 1 atom stereocenters. The monoisotopic (exact) mass is 273 g/mol. The zero-order valence-electron chi connectivity index (χ0n) is 9.72. The lowest BCUT2D eigenvalue weighted by molar-refractivity contribution is -0.385. The molecule has 2 rings (SSSR count). The second kappa shape index (κ2) is 3.87. The molecule has 0 amide bonds. The highest BCUT2D eigenvalue weighted by Gasteiger charge is 2.78. The Morgan fingerprint density at radius 1 is 1.53 bits per heavy atom. The number of rotatable bonds is 4. The van der Waals surface area contributed by atoms with Gasteiger partial charge in [0, 0.05) is 24.1 Å². The number of nitrogens with zero attached hydrogens (tertiary/aromatic N) is 1. The molecule has 1 fully saturated rings. The third-order valence-corrected chi connectivity index (χ3v) is 3.21. The summed E-state index contributed by atoms with van der Waals surface area (Å²) in [6.07, 6.45) is -0.896. The number of hydrogen-bond donors (Lipinski definition) is 1. The Balaban J connectivity index is 2.63. The number of nitro groups is 1. The van der Waals surface area contributed by atoms with E-state index in [-0.39, 0.29) is 11.3 Å². The molecule has 1 aliphatic rings. The summed E-state index contributed by atoms with van der Waals surface area (Å²) in [4.78, 5) is 21.0. The first-order valence-corrected chi connectivity index (χ1v) is 5.20. The van der Waals surface area contributed by atoms with Crippen LogP contribution in [0, 0.1) is 10.1 Å². The molecule has 0 spiro atoms. The van der Waals surface area contributed by atoms with Crippen molar-refractivity contribution in [2.75, 3.05) is 7.11 Å². The van der Waals surface area contributed by atoms with E-state index < -0.39 is 34.3 Å². The van der Waals surface area contributed by atoms with E-state index in [1.165, 1.54) is 7.11 Å². The summed E-state index contributed by atoms with van der Waals surface area (Å²) in [7, 11) is 1.18. The van der Waals surface area contributed by atoms with E-state index in [1.807, 2.05) is 0 Å². The third kappa shape index (κ3) is 1.71. The van der Waals surface area contributed by atoms with Crippen LogP contribution in [0.15, 0.2) is 18.2 Å². The van der Waals surface area contributed by atoms with Crippen LogP contribution in [0.4, 0.5) is 14.5 Å². The molecule has 0 aromatic heterocycles. The van der Waals surface area contributed by atoms with Gasteiger partial charge in [0.2, 0.25) is 0 Å². The molecule has 0 heterocycles. The summed E-state index contributed by atoms with van der Waals surface area (Å²) in [5, 5.41) is 19.7. The zero-order chi connectivity index (χ0) is 14.4. The van der Waals surface area contributed by atoms with Crippen LogP contribution in [0.2, 0.25) is 0 Å². The maximum absolute atomic E-state index is 13.4. The van der Waals surface area contributed by atoms with E-state index in [2.05, 4.69) is 0 Å². The minimum atomic E-state index is -3.44. The van der Waals surface area contributed by atoms with Crippen LogP contribution in [0.5, 0.6) is 5.75 Å². The van der Waals surface area contributed by atoms with Crippen LogP contribution in [-0.2, 0) is 10.2 Å². The van der Waals surface area contributed by atoms with Crippen LogP contribution in [-0.4, -0.2) is 29.0 Å². The number of non-ortho nitro benzene ring substituents is 1. The highest BCUT2D eigenvalue weighted by Crippen LogP contribution is 2.63. The Bertz CT molecular complexity index is 574. The van der Waals surface area contributed by atoms with Gasteiger partial charge in [0.25, 0.3) is 11.6 Å². The van der Waals surface area contributed by atoms with E-state index in [1.54, 1.807) is 0 Å². The van der Waals surface area contributed by atoms with Crippen molar-refractivity contribution < 1.29 is 28.3 Å². The molecular weight excluding hydrogens is 264 g/mol. The van der Waals surface area contributed by atoms with Gasteiger partial charge in [-0.3, -0.25) is 14.9 Å². The highest BCUT2D eigenvalue weighted by molar-refractivity contribution is 5.89. The van der Waals surface area contributed by atoms with Crippen molar-refractivity contribution in [2.45, 2.75) is 17.8 Å². The number of hydrogen-bond acceptors (Lipinski definition) is 4. The number of aliphatic carboxylic acids is 1. The molecule has 1 unspecified atom stereocenters. The Kier molecular flexibility index (Phi) is 2.69. The molecule has 19 heavy (non-hydrogen) atoms. The average Bonchev–Trinajstić information content (AvgIpc) is 2.93. The van der Waals surface area contributed by atoms with E-state index in [0.717, 1.165) is 18.2 Å². The Hall–Kier alpha value is -2.25. The average molecular weight is 273 g/mol. The Labute approximate surface area is 105 Å². The topological polar surface area (TPSA) is 89.7 Å². The number of alkyl halides is 2. The van der Waals surface area contributed by atoms with Gasteiger partial charge in [-0.15, -0.1) is 0 Å². The quantitative estimate of drug-likeness (QED) is 0.669. The molecule has 102 valence electrons. The molecule has 1 N–H and O–H groups in total. The minimum absolute atomic E-state index is 0.106. The second-order valence-electron chi connectivity index (χ2n) is 4.23. The largest absolute Gasteiger partial charge is 0.496 e. The van der Waals surface area contributed by atoms with E-state index in [9.17, 15) is 23.7 Å². The minimum Gasteiger partial charge on any atom is -0.496 e. The summed E-state index contributed by atoms with van der Waals surface area (Å²) in [6.45, 7) is 0. The number of carboxylic acid groups (broad SMARTS) is 1. The van der Waals surface area contributed by atoms with Gasteiger partial charge in [-0.1, -0.05) is 0 Å². The standard InChI is InChI=1S/C11H9F2NO5/c1-19-8-3-2-6(14(17)18)4-7(8)10(9(15)16)5-11(10,12)13/h2-4H,5H2,1H3,(H,15,16). The molecule has 6 nitrogen and oxygen atoms in total. The van der Waals surface area contributed by atoms with Crippen molar-refractivity contribution in [2.24, 2.45) is 0 Å². The van der Waals surface area contributed by atoms with E-state index in [4.69, 9.17) is 9.84 Å².